The summed E-state index contributed by atoms with van der Waals surface area (Å²) in [7, 11) is 1.00. The van der Waals surface area contributed by atoms with E-state index >= 15 is 0 Å². The molecule has 13 nitrogen and oxygen atoms in total. The maximum atomic E-state index is 12.5. The zero-order chi connectivity index (χ0) is 36.2. The van der Waals surface area contributed by atoms with Gasteiger partial charge in [0.2, 0.25) is 0 Å². The largest absolute Gasteiger partial charge is 0.463 e. The van der Waals surface area contributed by atoms with E-state index in [1.165, 1.54) is 4.90 Å². The SMILES string of the molecule is CC(C)OC(=O)C[C@H]1C[C@@H](CCN)OC(C)(C)O1.CC(C)OC(=O)C[C@H]1C[C@@H](CCN2C(=O)c3ccccc3C2=O)OC(C)(C)O1.CO. The number of fused-ring (bicyclic) bond motifs is 1. The van der Waals surface area contributed by atoms with Gasteiger partial charge in [-0.15, -0.1) is 0 Å². The number of carbonyl (C=O) groups excluding carboxylic acids is 4. The Balaban J connectivity index is 0.000000347. The Labute approximate surface area is 284 Å². The molecule has 1 aromatic carbocycles. The number of nitrogens with zero attached hydrogens (tertiary/aromatic N) is 1. The molecule has 2 saturated heterocycles. The molecular weight excluding hydrogens is 624 g/mol. The fourth-order valence-electron chi connectivity index (χ4n) is 5.94. The molecule has 4 rings (SSSR count). The number of nitrogens with two attached hydrogens (primary N) is 1. The van der Waals surface area contributed by atoms with Crippen LogP contribution >= 0.6 is 0 Å². The third-order valence-electron chi connectivity index (χ3n) is 7.42. The molecule has 3 heterocycles. The maximum Gasteiger partial charge on any atom is 0.308 e. The van der Waals surface area contributed by atoms with Crippen LogP contribution in [-0.4, -0.2) is 102 Å². The van der Waals surface area contributed by atoms with Gasteiger partial charge >= 0.3 is 11.9 Å². The second-order valence-electron chi connectivity index (χ2n) is 13.4. The molecule has 0 aromatic heterocycles. The van der Waals surface area contributed by atoms with E-state index in [4.69, 9.17) is 39.3 Å². The third-order valence-corrected chi connectivity index (χ3v) is 7.42. The standard InChI is InChI=1S/C21H27NO6.C13H25NO4.CH4O/c1-13(2)26-18(23)12-15-11-14(27-21(3,4)28-15)9-10-22-19(24)16-7-5-6-8-17(16)20(22)25;1-9(2)16-12(15)8-11-7-10(5-6-14)17-13(3,4)18-11;1-2/h5-8,13-15H,9-12H2,1-4H3;9-11H,5-8,14H2,1-4H3;2H,1H3/t14-,15-;10-,11-;/m11./s1. The molecule has 2 fully saturated rings. The van der Waals surface area contributed by atoms with Crippen molar-refractivity contribution in [3.05, 3.63) is 35.4 Å². The summed E-state index contributed by atoms with van der Waals surface area (Å²) in [5.74, 6) is -2.60. The Morgan fingerprint density at radius 3 is 1.52 bits per heavy atom. The van der Waals surface area contributed by atoms with Gasteiger partial charge < -0.3 is 39.3 Å². The molecule has 272 valence electrons. The number of benzene rings is 1. The van der Waals surface area contributed by atoms with Gasteiger partial charge in [-0.25, -0.2) is 0 Å². The van der Waals surface area contributed by atoms with Crippen LogP contribution in [0.15, 0.2) is 24.3 Å². The molecule has 48 heavy (non-hydrogen) atoms. The highest BCUT2D eigenvalue weighted by Gasteiger charge is 2.40. The summed E-state index contributed by atoms with van der Waals surface area (Å²) in [6, 6.07) is 6.83. The number of carbonyl (C=O) groups is 4. The van der Waals surface area contributed by atoms with Crippen LogP contribution in [-0.2, 0) is 38.0 Å². The van der Waals surface area contributed by atoms with E-state index in [0.29, 0.717) is 36.9 Å². The van der Waals surface area contributed by atoms with Crippen molar-refractivity contribution in [2.45, 2.75) is 142 Å². The fourth-order valence-corrected chi connectivity index (χ4v) is 5.94. The van der Waals surface area contributed by atoms with E-state index in [1.807, 2.05) is 27.7 Å². The summed E-state index contributed by atoms with van der Waals surface area (Å²) in [4.78, 5) is 49.9. The van der Waals surface area contributed by atoms with Gasteiger partial charge in [-0.1, -0.05) is 12.1 Å². The van der Waals surface area contributed by atoms with Gasteiger partial charge in [0.05, 0.1) is 60.6 Å². The number of hydrogen-bond donors (Lipinski definition) is 2. The van der Waals surface area contributed by atoms with Crippen molar-refractivity contribution in [2.75, 3.05) is 20.2 Å². The predicted molar refractivity (Wildman–Crippen MR) is 177 cm³/mol. The van der Waals surface area contributed by atoms with Gasteiger partial charge in [0, 0.05) is 26.5 Å². The first kappa shape index (κ1) is 41.2. The minimum Gasteiger partial charge on any atom is -0.463 e. The van der Waals surface area contributed by atoms with Gasteiger partial charge in [0.25, 0.3) is 11.8 Å². The number of esters is 2. The molecule has 1 aromatic rings. The zero-order valence-corrected chi connectivity index (χ0v) is 30.0. The molecule has 3 aliphatic rings. The van der Waals surface area contributed by atoms with Crippen LogP contribution in [0, 0.1) is 0 Å². The van der Waals surface area contributed by atoms with Crippen LogP contribution in [0.4, 0.5) is 0 Å². The van der Waals surface area contributed by atoms with Crippen molar-refractivity contribution in [3.63, 3.8) is 0 Å². The normalized spacial score (nSPS) is 24.2. The smallest absolute Gasteiger partial charge is 0.308 e. The first-order valence-corrected chi connectivity index (χ1v) is 16.7. The highest BCUT2D eigenvalue weighted by molar-refractivity contribution is 6.21. The lowest BCUT2D eigenvalue weighted by atomic mass is 10.0. The number of aliphatic hydroxyl groups excluding tert-OH is 1. The summed E-state index contributed by atoms with van der Waals surface area (Å²) < 4.78 is 33.6. The third kappa shape index (κ3) is 13.2. The first-order chi connectivity index (χ1) is 22.5. The average molecular weight is 681 g/mol. The fraction of sp³-hybridized carbons (Fsp3) is 0.714. The molecule has 3 N–H and O–H groups in total. The van der Waals surface area contributed by atoms with E-state index < -0.39 is 11.6 Å². The molecule has 0 radical (unpaired) electrons. The maximum absolute atomic E-state index is 12.5. The molecular formula is C35H56N2O11. The summed E-state index contributed by atoms with van der Waals surface area (Å²) in [6.07, 6.45) is 1.93. The molecule has 0 saturated carbocycles. The van der Waals surface area contributed by atoms with Crippen molar-refractivity contribution >= 4 is 23.8 Å². The quantitative estimate of drug-likeness (QED) is 0.253. The Morgan fingerprint density at radius 2 is 1.15 bits per heavy atom. The summed E-state index contributed by atoms with van der Waals surface area (Å²) in [5.41, 5.74) is 6.43. The zero-order valence-electron chi connectivity index (χ0n) is 30.0. The molecule has 0 bridgehead atoms. The van der Waals surface area contributed by atoms with Gasteiger partial charge in [-0.3, -0.25) is 24.1 Å². The Hall–Kier alpha value is -2.94. The summed E-state index contributed by atoms with van der Waals surface area (Å²) in [5, 5.41) is 7.00. The monoisotopic (exact) mass is 680 g/mol. The molecule has 2 amide bonds. The number of rotatable bonds is 11. The molecule has 13 heteroatoms. The van der Waals surface area contributed by atoms with Gasteiger partial charge in [-0.2, -0.15) is 0 Å². The van der Waals surface area contributed by atoms with Crippen LogP contribution in [0.3, 0.4) is 0 Å². The van der Waals surface area contributed by atoms with E-state index in [9.17, 15) is 19.2 Å². The Kier molecular flexibility index (Phi) is 16.1. The molecule has 4 atom stereocenters. The van der Waals surface area contributed by atoms with Crippen molar-refractivity contribution < 1.29 is 52.7 Å². The van der Waals surface area contributed by atoms with E-state index in [2.05, 4.69) is 0 Å². The van der Waals surface area contributed by atoms with Crippen molar-refractivity contribution in [2.24, 2.45) is 5.73 Å². The van der Waals surface area contributed by atoms with E-state index in [1.54, 1.807) is 52.0 Å². The number of aliphatic hydroxyl groups is 1. The predicted octanol–water partition coefficient (Wildman–Crippen LogP) is 4.12. The molecule has 0 aliphatic carbocycles. The Morgan fingerprint density at radius 1 is 0.771 bits per heavy atom. The number of imide groups is 1. The van der Waals surface area contributed by atoms with Crippen molar-refractivity contribution in [1.29, 1.82) is 0 Å². The highest BCUT2D eigenvalue weighted by atomic mass is 16.7. The minimum atomic E-state index is -0.853. The summed E-state index contributed by atoms with van der Waals surface area (Å²) in [6.45, 7) is 15.4. The number of ether oxygens (including phenoxy) is 6. The first-order valence-electron chi connectivity index (χ1n) is 16.7. The van der Waals surface area contributed by atoms with Crippen LogP contribution < -0.4 is 5.73 Å². The number of hydrogen-bond acceptors (Lipinski definition) is 12. The molecule has 3 aliphatic heterocycles. The van der Waals surface area contributed by atoms with Crippen LogP contribution in [0.5, 0.6) is 0 Å². The van der Waals surface area contributed by atoms with Gasteiger partial charge in [0.15, 0.2) is 11.6 Å². The lowest BCUT2D eigenvalue weighted by Gasteiger charge is -2.41. The van der Waals surface area contributed by atoms with Crippen LogP contribution in [0.1, 0.15) is 115 Å². The molecule has 0 unspecified atom stereocenters. The van der Waals surface area contributed by atoms with Crippen LogP contribution in [0.25, 0.3) is 0 Å². The van der Waals surface area contributed by atoms with Gasteiger partial charge in [-0.05, 0) is 86.9 Å². The minimum absolute atomic E-state index is 0.0515. The Bertz CT molecular complexity index is 1180. The lowest BCUT2D eigenvalue weighted by Crippen LogP contribution is -2.46. The summed E-state index contributed by atoms with van der Waals surface area (Å²) >= 11 is 0. The van der Waals surface area contributed by atoms with Crippen molar-refractivity contribution in [1.82, 2.24) is 4.90 Å². The van der Waals surface area contributed by atoms with Crippen molar-refractivity contribution in [3.8, 4) is 0 Å². The second kappa shape index (κ2) is 18.7. The molecule has 0 spiro atoms. The lowest BCUT2D eigenvalue weighted by molar-refractivity contribution is -0.301. The highest BCUT2D eigenvalue weighted by Crippen LogP contribution is 2.32. The second-order valence-corrected chi connectivity index (χ2v) is 13.4. The topological polar surface area (TPSA) is 173 Å². The van der Waals surface area contributed by atoms with Crippen LogP contribution in [0.2, 0.25) is 0 Å². The van der Waals surface area contributed by atoms with Gasteiger partial charge in [0.1, 0.15) is 0 Å². The number of amides is 2. The van der Waals surface area contributed by atoms with E-state index in [0.717, 1.165) is 13.5 Å². The van der Waals surface area contributed by atoms with E-state index in [-0.39, 0.29) is 79.8 Å². The average Bonchev–Trinajstić information content (AvgIpc) is 3.19.